The highest BCUT2D eigenvalue weighted by atomic mass is 35.5. The lowest BCUT2D eigenvalue weighted by Crippen LogP contribution is -2.27. The van der Waals surface area contributed by atoms with Crippen molar-refractivity contribution in [2.75, 3.05) is 11.9 Å². The van der Waals surface area contributed by atoms with E-state index < -0.39 is 0 Å². The third-order valence-corrected chi connectivity index (χ3v) is 5.16. The number of amides is 1. The fraction of sp³-hybridized carbons (Fsp3) is 0.130. The summed E-state index contributed by atoms with van der Waals surface area (Å²) in [6.45, 7) is 4.08. The molecule has 0 saturated carbocycles. The van der Waals surface area contributed by atoms with Gasteiger partial charge in [0, 0.05) is 18.8 Å². The first-order chi connectivity index (χ1) is 14.5. The third-order valence-electron chi connectivity index (χ3n) is 4.94. The second-order valence-electron chi connectivity index (χ2n) is 6.92. The van der Waals surface area contributed by atoms with Crippen LogP contribution in [0.4, 0.5) is 5.69 Å². The first-order valence-corrected chi connectivity index (χ1v) is 9.82. The maximum absolute atomic E-state index is 13.0. The molecule has 0 bridgehead atoms. The number of hydrogen-bond acceptors (Lipinski definition) is 4. The van der Waals surface area contributed by atoms with Gasteiger partial charge in [-0.25, -0.2) is 15.0 Å². The Bertz CT molecular complexity index is 1260. The lowest BCUT2D eigenvalue weighted by atomic mass is 10.0. The zero-order valence-corrected chi connectivity index (χ0v) is 17.6. The molecule has 0 aliphatic carbocycles. The van der Waals surface area contributed by atoms with Gasteiger partial charge in [-0.1, -0.05) is 35.9 Å². The normalized spacial score (nSPS) is 11.3. The van der Waals surface area contributed by atoms with Crippen LogP contribution < -0.4 is 4.90 Å². The van der Waals surface area contributed by atoms with E-state index in [9.17, 15) is 4.79 Å². The van der Waals surface area contributed by atoms with Gasteiger partial charge in [-0.15, -0.1) is 0 Å². The van der Waals surface area contributed by atoms with Gasteiger partial charge in [-0.05, 0) is 43.2 Å². The molecule has 6 nitrogen and oxygen atoms in total. The van der Waals surface area contributed by atoms with E-state index in [1.165, 1.54) is 10.5 Å². The number of halogens is 1. The van der Waals surface area contributed by atoms with Gasteiger partial charge in [0.25, 0.3) is 5.91 Å². The zero-order valence-electron chi connectivity index (χ0n) is 16.9. The maximum atomic E-state index is 13.0. The molecule has 4 rings (SSSR count). The Hall–Kier alpha value is -3.51. The molecular formula is C23H20ClN5O. The first-order valence-electron chi connectivity index (χ1n) is 9.44. The Morgan fingerprint density at radius 3 is 2.67 bits per heavy atom. The van der Waals surface area contributed by atoms with Crippen LogP contribution in [-0.4, -0.2) is 32.3 Å². The molecule has 0 aliphatic heterocycles. The van der Waals surface area contributed by atoms with E-state index in [2.05, 4.69) is 46.2 Å². The van der Waals surface area contributed by atoms with Gasteiger partial charge < -0.3 is 4.90 Å². The molecule has 150 valence electrons. The minimum Gasteiger partial charge on any atom is -0.309 e. The average Bonchev–Trinajstić information content (AvgIpc) is 3.18. The van der Waals surface area contributed by atoms with Gasteiger partial charge in [-0.3, -0.25) is 9.20 Å². The Labute approximate surface area is 179 Å². The number of allylic oxidation sites excluding steroid dienone is 1. The van der Waals surface area contributed by atoms with Crippen LogP contribution in [0.2, 0.25) is 5.15 Å². The van der Waals surface area contributed by atoms with Crippen LogP contribution in [0.1, 0.15) is 28.5 Å². The summed E-state index contributed by atoms with van der Waals surface area (Å²) in [7, 11) is 1.68. The van der Waals surface area contributed by atoms with Gasteiger partial charge in [0.05, 0.1) is 30.0 Å². The molecule has 4 aromatic rings. The molecule has 0 aliphatic rings. The zero-order chi connectivity index (χ0) is 21.3. The number of hydrogen-bond donors (Lipinski definition) is 0. The van der Waals surface area contributed by atoms with Gasteiger partial charge in [0.1, 0.15) is 10.8 Å². The highest BCUT2D eigenvalue weighted by Crippen LogP contribution is 2.25. The molecule has 0 spiro atoms. The molecule has 0 N–H and O–H groups in total. The van der Waals surface area contributed by atoms with Crippen LogP contribution in [0.15, 0.2) is 61.2 Å². The fourth-order valence-electron chi connectivity index (χ4n) is 3.23. The van der Waals surface area contributed by atoms with Crippen molar-refractivity contribution in [3.8, 4) is 11.3 Å². The van der Waals surface area contributed by atoms with E-state index in [1.807, 2.05) is 17.4 Å². The summed E-state index contributed by atoms with van der Waals surface area (Å²) in [5.41, 5.74) is 5.85. The molecule has 0 saturated heterocycles. The summed E-state index contributed by atoms with van der Waals surface area (Å²) in [6.07, 6.45) is 10.8. The minimum atomic E-state index is -0.251. The number of aryl methyl sites for hydroxylation is 1. The molecule has 0 atom stereocenters. The second kappa shape index (κ2) is 8.08. The predicted molar refractivity (Wildman–Crippen MR) is 120 cm³/mol. The summed E-state index contributed by atoms with van der Waals surface area (Å²) in [5.74, 6) is -0.251. The van der Waals surface area contributed by atoms with E-state index in [0.717, 1.165) is 16.8 Å². The fourth-order valence-corrected chi connectivity index (χ4v) is 3.34. The molecule has 30 heavy (non-hydrogen) atoms. The van der Waals surface area contributed by atoms with Crippen molar-refractivity contribution in [2.45, 2.75) is 13.8 Å². The van der Waals surface area contributed by atoms with Crippen LogP contribution in [0, 0.1) is 6.92 Å². The number of imidazole rings is 1. The summed E-state index contributed by atoms with van der Waals surface area (Å²) in [6, 6.07) is 9.64. The molecule has 3 aromatic heterocycles. The van der Waals surface area contributed by atoms with Crippen LogP contribution in [0.5, 0.6) is 0 Å². The number of pyridine rings is 1. The topological polar surface area (TPSA) is 63.4 Å². The standard InChI is InChI=1S/C23H20ClN5O/c1-4-5-16-10-17(7-6-15(16)2)20-12-27-22-13-25-19(14-29(20)22)23(30)28(3)18-8-9-21(24)26-11-18/h4-14H,1-3H3/b5-4-. The van der Waals surface area contributed by atoms with E-state index in [1.54, 1.807) is 44.0 Å². The van der Waals surface area contributed by atoms with Crippen LogP contribution in [-0.2, 0) is 0 Å². The lowest BCUT2D eigenvalue weighted by molar-refractivity contribution is 0.0987. The van der Waals surface area contributed by atoms with Crippen LogP contribution in [0.3, 0.4) is 0 Å². The molecule has 0 fully saturated rings. The Balaban J connectivity index is 1.74. The Morgan fingerprint density at radius 1 is 1.10 bits per heavy atom. The van der Waals surface area contributed by atoms with Crippen molar-refractivity contribution in [2.24, 2.45) is 0 Å². The maximum Gasteiger partial charge on any atom is 0.278 e. The number of benzene rings is 1. The van der Waals surface area contributed by atoms with E-state index in [4.69, 9.17) is 11.6 Å². The van der Waals surface area contributed by atoms with Crippen molar-refractivity contribution in [1.29, 1.82) is 0 Å². The third kappa shape index (κ3) is 3.69. The summed E-state index contributed by atoms with van der Waals surface area (Å²) in [5, 5.41) is 0.373. The number of fused-ring (bicyclic) bond motifs is 1. The highest BCUT2D eigenvalue weighted by Gasteiger charge is 2.17. The van der Waals surface area contributed by atoms with Crippen molar-refractivity contribution in [3.05, 3.63) is 83.2 Å². The Morgan fingerprint density at radius 2 is 1.93 bits per heavy atom. The first kappa shape index (κ1) is 19.8. The average molecular weight is 418 g/mol. The van der Waals surface area contributed by atoms with E-state index in [-0.39, 0.29) is 5.91 Å². The van der Waals surface area contributed by atoms with Crippen molar-refractivity contribution < 1.29 is 4.79 Å². The number of carbonyl (C=O) groups excluding carboxylic acids is 1. The van der Waals surface area contributed by atoms with Gasteiger partial charge in [0.2, 0.25) is 0 Å². The molecule has 3 heterocycles. The van der Waals surface area contributed by atoms with Crippen molar-refractivity contribution >= 4 is 34.9 Å². The molecule has 1 aromatic carbocycles. The molecule has 1 amide bonds. The number of rotatable bonds is 4. The number of aromatic nitrogens is 4. The van der Waals surface area contributed by atoms with Crippen molar-refractivity contribution in [1.82, 2.24) is 19.4 Å². The summed E-state index contributed by atoms with van der Waals surface area (Å²) >= 11 is 5.84. The summed E-state index contributed by atoms with van der Waals surface area (Å²) < 4.78 is 1.89. The highest BCUT2D eigenvalue weighted by molar-refractivity contribution is 6.29. The number of anilines is 1. The van der Waals surface area contributed by atoms with Crippen LogP contribution >= 0.6 is 11.6 Å². The quantitative estimate of drug-likeness (QED) is 0.435. The molecule has 7 heteroatoms. The van der Waals surface area contributed by atoms with E-state index in [0.29, 0.717) is 22.2 Å². The van der Waals surface area contributed by atoms with E-state index >= 15 is 0 Å². The van der Waals surface area contributed by atoms with Gasteiger partial charge in [-0.2, -0.15) is 0 Å². The van der Waals surface area contributed by atoms with Gasteiger partial charge in [0.15, 0.2) is 5.65 Å². The largest absolute Gasteiger partial charge is 0.309 e. The Kier molecular flexibility index (Phi) is 5.33. The monoisotopic (exact) mass is 417 g/mol. The predicted octanol–water partition coefficient (Wildman–Crippen LogP) is 5.06. The SMILES string of the molecule is C/C=C\c1cc(-c2cnc3cnc(C(=O)N(C)c4ccc(Cl)nc4)cn23)ccc1C. The number of nitrogens with zero attached hydrogens (tertiary/aromatic N) is 5. The lowest BCUT2D eigenvalue weighted by Gasteiger charge is -2.16. The number of carbonyl (C=O) groups is 1. The molecular weight excluding hydrogens is 398 g/mol. The second-order valence-corrected chi connectivity index (χ2v) is 7.31. The molecule has 0 unspecified atom stereocenters. The van der Waals surface area contributed by atoms with Gasteiger partial charge >= 0.3 is 0 Å². The van der Waals surface area contributed by atoms with Crippen molar-refractivity contribution in [3.63, 3.8) is 0 Å². The minimum absolute atomic E-state index is 0.251. The smallest absolute Gasteiger partial charge is 0.278 e. The van der Waals surface area contributed by atoms with Crippen LogP contribution in [0.25, 0.3) is 23.0 Å². The molecule has 0 radical (unpaired) electrons. The summed E-state index contributed by atoms with van der Waals surface area (Å²) in [4.78, 5) is 27.3.